The Hall–Kier alpha value is -3.92. The molecule has 0 bridgehead atoms. The number of rotatable bonds is 12. The van der Waals surface area contributed by atoms with E-state index in [-0.39, 0.29) is 29.0 Å². The minimum absolute atomic E-state index is 0.0164. The molecule has 1 N–H and O–H groups in total. The SMILES string of the molecule is COc1cccc(CN(C(=O)CN(c2ccc(F)cc2)S(=O)(=O)c2ccc(C)cc2)C(C)C(=O)NCC(C)C)c1. The molecule has 0 saturated heterocycles. The van der Waals surface area contributed by atoms with Gasteiger partial charge < -0.3 is 15.0 Å². The first kappa shape index (κ1) is 30.6. The fraction of sp³-hybridized carbons (Fsp3) is 0.333. The lowest BCUT2D eigenvalue weighted by atomic mass is 10.1. The zero-order chi connectivity index (χ0) is 29.4. The zero-order valence-electron chi connectivity index (χ0n) is 23.4. The minimum atomic E-state index is -4.22. The molecule has 214 valence electrons. The number of methoxy groups -OCH3 is 1. The molecule has 3 rings (SSSR count). The molecule has 0 aromatic heterocycles. The summed E-state index contributed by atoms with van der Waals surface area (Å²) in [4.78, 5) is 28.3. The minimum Gasteiger partial charge on any atom is -0.497 e. The van der Waals surface area contributed by atoms with Crippen LogP contribution in [0.3, 0.4) is 0 Å². The van der Waals surface area contributed by atoms with E-state index in [1.54, 1.807) is 43.3 Å². The Bertz CT molecular complexity index is 1410. The molecule has 0 fully saturated rings. The van der Waals surface area contributed by atoms with Crippen molar-refractivity contribution >= 4 is 27.5 Å². The number of sulfonamides is 1. The van der Waals surface area contributed by atoms with Crippen LogP contribution >= 0.6 is 0 Å². The third kappa shape index (κ3) is 7.81. The van der Waals surface area contributed by atoms with E-state index in [1.165, 1.54) is 36.3 Å². The Morgan fingerprint density at radius 3 is 2.23 bits per heavy atom. The molecule has 3 aromatic rings. The van der Waals surface area contributed by atoms with Crippen molar-refractivity contribution in [1.29, 1.82) is 0 Å². The predicted molar refractivity (Wildman–Crippen MR) is 153 cm³/mol. The Labute approximate surface area is 235 Å². The molecular weight excluding hydrogens is 533 g/mol. The van der Waals surface area contributed by atoms with Gasteiger partial charge in [-0.25, -0.2) is 12.8 Å². The number of halogens is 1. The van der Waals surface area contributed by atoms with Crippen LogP contribution < -0.4 is 14.4 Å². The van der Waals surface area contributed by atoms with Crippen molar-refractivity contribution < 1.29 is 27.1 Å². The van der Waals surface area contributed by atoms with Gasteiger partial charge in [0.25, 0.3) is 10.0 Å². The number of benzene rings is 3. The fourth-order valence-electron chi connectivity index (χ4n) is 3.98. The number of carbonyl (C=O) groups excluding carboxylic acids is 2. The Balaban J connectivity index is 2.01. The van der Waals surface area contributed by atoms with Gasteiger partial charge in [0.15, 0.2) is 0 Å². The second kappa shape index (κ2) is 13.4. The molecule has 0 aliphatic rings. The van der Waals surface area contributed by atoms with Crippen LogP contribution in [0, 0.1) is 18.7 Å². The summed E-state index contributed by atoms with van der Waals surface area (Å²) in [7, 11) is -2.69. The van der Waals surface area contributed by atoms with Gasteiger partial charge in [-0.15, -0.1) is 0 Å². The molecule has 2 amide bonds. The van der Waals surface area contributed by atoms with Gasteiger partial charge in [-0.05, 0) is 73.9 Å². The summed E-state index contributed by atoms with van der Waals surface area (Å²) in [5, 5.41) is 2.85. The van der Waals surface area contributed by atoms with E-state index in [4.69, 9.17) is 4.74 Å². The van der Waals surface area contributed by atoms with Crippen molar-refractivity contribution in [2.45, 2.75) is 45.2 Å². The first-order chi connectivity index (χ1) is 18.9. The average molecular weight is 570 g/mol. The standard InChI is InChI=1S/C30H36FN3O5S/c1-21(2)18-32-30(36)23(4)33(19-24-7-6-8-27(17-24)39-5)29(35)20-34(26-13-11-25(31)12-14-26)40(37,38)28-15-9-22(3)10-16-28/h6-17,21,23H,18-20H2,1-5H3,(H,32,36). The van der Waals surface area contributed by atoms with Crippen molar-refractivity contribution in [1.82, 2.24) is 10.2 Å². The second-order valence-electron chi connectivity index (χ2n) is 9.99. The lowest BCUT2D eigenvalue weighted by molar-refractivity contribution is -0.139. The highest BCUT2D eigenvalue weighted by molar-refractivity contribution is 7.92. The molecule has 10 heteroatoms. The van der Waals surface area contributed by atoms with Gasteiger partial charge in [-0.1, -0.05) is 43.7 Å². The van der Waals surface area contributed by atoms with Crippen molar-refractivity contribution in [3.05, 3.63) is 89.7 Å². The molecule has 3 aromatic carbocycles. The summed E-state index contributed by atoms with van der Waals surface area (Å²) in [6.45, 7) is 7.21. The number of amides is 2. The highest BCUT2D eigenvalue weighted by Crippen LogP contribution is 2.25. The van der Waals surface area contributed by atoms with Crippen molar-refractivity contribution in [2.24, 2.45) is 5.92 Å². The second-order valence-corrected chi connectivity index (χ2v) is 11.9. The normalized spacial score (nSPS) is 12.1. The van der Waals surface area contributed by atoms with Crippen molar-refractivity contribution in [3.8, 4) is 5.75 Å². The van der Waals surface area contributed by atoms with Crippen LogP contribution in [0.4, 0.5) is 10.1 Å². The Kier molecular flexibility index (Phi) is 10.3. The smallest absolute Gasteiger partial charge is 0.264 e. The maximum absolute atomic E-state index is 13.9. The summed E-state index contributed by atoms with van der Waals surface area (Å²) < 4.78 is 47.5. The molecular formula is C30H36FN3O5S. The van der Waals surface area contributed by atoms with Gasteiger partial charge in [0, 0.05) is 13.1 Å². The van der Waals surface area contributed by atoms with Gasteiger partial charge in [-0.2, -0.15) is 0 Å². The lowest BCUT2D eigenvalue weighted by Gasteiger charge is -2.32. The van der Waals surface area contributed by atoms with Crippen LogP contribution in [-0.4, -0.2) is 51.4 Å². The number of aryl methyl sites for hydroxylation is 1. The predicted octanol–water partition coefficient (Wildman–Crippen LogP) is 4.53. The summed E-state index contributed by atoms with van der Waals surface area (Å²) in [6, 6.07) is 17.3. The van der Waals surface area contributed by atoms with E-state index in [1.807, 2.05) is 20.8 Å². The molecule has 0 saturated carbocycles. The first-order valence-electron chi connectivity index (χ1n) is 13.0. The fourth-order valence-corrected chi connectivity index (χ4v) is 5.39. The van der Waals surface area contributed by atoms with E-state index in [2.05, 4.69) is 5.32 Å². The van der Waals surface area contributed by atoms with Crippen molar-refractivity contribution in [2.75, 3.05) is 24.5 Å². The van der Waals surface area contributed by atoms with Gasteiger partial charge >= 0.3 is 0 Å². The first-order valence-corrected chi connectivity index (χ1v) is 14.4. The molecule has 0 heterocycles. The largest absolute Gasteiger partial charge is 0.497 e. The van der Waals surface area contributed by atoms with E-state index < -0.39 is 34.3 Å². The van der Waals surface area contributed by atoms with Crippen LogP contribution in [0.1, 0.15) is 31.9 Å². The van der Waals surface area contributed by atoms with Crippen LogP contribution in [-0.2, 0) is 26.2 Å². The molecule has 8 nitrogen and oxygen atoms in total. The monoisotopic (exact) mass is 569 g/mol. The van der Waals surface area contributed by atoms with Gasteiger partial charge in [0.2, 0.25) is 11.8 Å². The Morgan fingerprint density at radius 1 is 0.975 bits per heavy atom. The highest BCUT2D eigenvalue weighted by Gasteiger charge is 2.32. The lowest BCUT2D eigenvalue weighted by Crippen LogP contribution is -2.51. The summed E-state index contributed by atoms with van der Waals surface area (Å²) in [5.41, 5.74) is 1.69. The summed E-state index contributed by atoms with van der Waals surface area (Å²) >= 11 is 0. The molecule has 1 atom stereocenters. The third-order valence-corrected chi connectivity index (χ3v) is 8.13. The van der Waals surface area contributed by atoms with Crippen molar-refractivity contribution in [3.63, 3.8) is 0 Å². The molecule has 0 radical (unpaired) electrons. The Morgan fingerprint density at radius 2 is 1.62 bits per heavy atom. The zero-order valence-corrected chi connectivity index (χ0v) is 24.2. The molecule has 0 spiro atoms. The number of hydrogen-bond acceptors (Lipinski definition) is 5. The maximum Gasteiger partial charge on any atom is 0.264 e. The van der Waals surface area contributed by atoms with Gasteiger partial charge in [-0.3, -0.25) is 13.9 Å². The molecule has 40 heavy (non-hydrogen) atoms. The maximum atomic E-state index is 13.9. The van der Waals surface area contributed by atoms with Gasteiger partial charge in [0.05, 0.1) is 17.7 Å². The van der Waals surface area contributed by atoms with Crippen LogP contribution in [0.25, 0.3) is 0 Å². The third-order valence-electron chi connectivity index (χ3n) is 6.34. The number of nitrogens with zero attached hydrogens (tertiary/aromatic N) is 2. The average Bonchev–Trinajstić information content (AvgIpc) is 2.93. The van der Waals surface area contributed by atoms with Gasteiger partial charge in [0.1, 0.15) is 24.2 Å². The van der Waals surface area contributed by atoms with E-state index in [0.29, 0.717) is 17.9 Å². The molecule has 0 aliphatic carbocycles. The molecule has 0 aliphatic heterocycles. The van der Waals surface area contributed by atoms with Crippen LogP contribution in [0.2, 0.25) is 0 Å². The number of carbonyl (C=O) groups is 2. The number of nitrogens with one attached hydrogen (secondary N) is 1. The highest BCUT2D eigenvalue weighted by atomic mass is 32.2. The molecule has 1 unspecified atom stereocenters. The van der Waals surface area contributed by atoms with Crippen LogP contribution in [0.15, 0.2) is 77.7 Å². The van der Waals surface area contributed by atoms with E-state index >= 15 is 0 Å². The van der Waals surface area contributed by atoms with E-state index in [0.717, 1.165) is 22.0 Å². The number of ether oxygens (including phenoxy) is 1. The number of hydrogen-bond donors (Lipinski definition) is 1. The van der Waals surface area contributed by atoms with Crippen LogP contribution in [0.5, 0.6) is 5.75 Å². The summed E-state index contributed by atoms with van der Waals surface area (Å²) in [6.07, 6.45) is 0. The summed E-state index contributed by atoms with van der Waals surface area (Å²) in [5.74, 6) is -0.725. The number of anilines is 1. The quantitative estimate of drug-likeness (QED) is 0.346. The topological polar surface area (TPSA) is 96.0 Å². The van der Waals surface area contributed by atoms with E-state index in [9.17, 15) is 22.4 Å².